The van der Waals surface area contributed by atoms with Crippen LogP contribution < -0.4 is 21.3 Å². The molecule has 38 heavy (non-hydrogen) atoms. The maximum Gasteiger partial charge on any atom is 0.439 e. The highest BCUT2D eigenvalue weighted by Gasteiger charge is 2.47. The van der Waals surface area contributed by atoms with Gasteiger partial charge in [-0.05, 0) is 38.3 Å². The smallest absolute Gasteiger partial charge is 0.376 e. The molecule has 4 N–H and O–H groups in total. The first kappa shape index (κ1) is 23.3. The first-order valence-corrected chi connectivity index (χ1v) is 13.1. The van der Waals surface area contributed by atoms with E-state index in [0.29, 0.717) is 22.7 Å². The number of aromatic amines is 2. The topological polar surface area (TPSA) is 168 Å². The monoisotopic (exact) mass is 518 g/mol. The van der Waals surface area contributed by atoms with Gasteiger partial charge in [0.15, 0.2) is 17.0 Å². The molecule has 0 amide bonds. The Hall–Kier alpha value is -3.84. The molecule has 3 aliphatic rings. The quantitative estimate of drug-likeness (QED) is 0.363. The maximum atomic E-state index is 11.4. The molecule has 2 fully saturated rings. The van der Waals surface area contributed by atoms with Crippen molar-refractivity contribution >= 4 is 28.5 Å². The molecule has 1 unspecified atom stereocenters. The van der Waals surface area contributed by atoms with E-state index in [1.165, 1.54) is 0 Å². The highest BCUT2D eigenvalue weighted by molar-refractivity contribution is 5.88. The predicted octanol–water partition coefficient (Wildman–Crippen LogP) is 2.07. The molecule has 13 heteroatoms. The lowest BCUT2D eigenvalue weighted by Gasteiger charge is -2.41. The molecule has 0 bridgehead atoms. The fraction of sp³-hybridized carbons (Fsp3) is 0.520. The van der Waals surface area contributed by atoms with E-state index in [0.717, 1.165) is 68.5 Å². The first-order chi connectivity index (χ1) is 18.4. The summed E-state index contributed by atoms with van der Waals surface area (Å²) in [5.74, 6) is 1.49. The molecule has 13 nitrogen and oxygen atoms in total. The molecule has 0 aliphatic carbocycles. The number of nitrogens with two attached hydrogens (primary N) is 1. The van der Waals surface area contributed by atoms with Crippen LogP contribution in [0.25, 0.3) is 22.7 Å². The third-order valence-electron chi connectivity index (χ3n) is 8.55. The van der Waals surface area contributed by atoms with E-state index in [1.54, 1.807) is 0 Å². The zero-order valence-corrected chi connectivity index (χ0v) is 21.3. The fourth-order valence-corrected chi connectivity index (χ4v) is 6.11. The van der Waals surface area contributed by atoms with Crippen LogP contribution in [0.5, 0.6) is 0 Å². The Morgan fingerprint density at radius 3 is 2.74 bits per heavy atom. The zero-order chi connectivity index (χ0) is 26.0. The van der Waals surface area contributed by atoms with Gasteiger partial charge in [-0.2, -0.15) is 5.10 Å². The number of rotatable bonds is 3. The normalized spacial score (nSPS) is 24.9. The van der Waals surface area contributed by atoms with Gasteiger partial charge in [0.25, 0.3) is 0 Å². The summed E-state index contributed by atoms with van der Waals surface area (Å²) in [6.07, 6.45) is 4.79. The van der Waals surface area contributed by atoms with Crippen LogP contribution in [0, 0.1) is 5.41 Å². The molecule has 4 aromatic rings. The minimum atomic E-state index is -0.607. The van der Waals surface area contributed by atoms with Gasteiger partial charge < -0.3 is 20.3 Å². The average Bonchev–Trinajstić information content (AvgIpc) is 3.64. The fourth-order valence-electron chi connectivity index (χ4n) is 6.11. The number of ether oxygens (including phenoxy) is 1. The maximum absolute atomic E-state index is 11.4. The van der Waals surface area contributed by atoms with Crippen molar-refractivity contribution < 1.29 is 9.26 Å². The minimum absolute atomic E-state index is 0.0598. The van der Waals surface area contributed by atoms with Gasteiger partial charge in [-0.3, -0.25) is 14.6 Å². The second-order valence-corrected chi connectivity index (χ2v) is 10.7. The second kappa shape index (κ2) is 8.60. The van der Waals surface area contributed by atoms with E-state index in [-0.39, 0.29) is 23.5 Å². The second-order valence-electron chi connectivity index (χ2n) is 10.7. The third-order valence-corrected chi connectivity index (χ3v) is 8.55. The summed E-state index contributed by atoms with van der Waals surface area (Å²) < 4.78 is 10.5. The Bertz CT molecular complexity index is 1550. The van der Waals surface area contributed by atoms with Crippen LogP contribution in [-0.4, -0.2) is 73.7 Å². The van der Waals surface area contributed by atoms with E-state index < -0.39 is 5.76 Å². The number of anilines is 3. The molecule has 4 aromatic heterocycles. The largest absolute Gasteiger partial charge is 0.439 e. The van der Waals surface area contributed by atoms with Crippen molar-refractivity contribution in [1.82, 2.24) is 35.3 Å². The van der Waals surface area contributed by atoms with Crippen LogP contribution >= 0.6 is 0 Å². The Morgan fingerprint density at radius 1 is 1.16 bits per heavy atom. The van der Waals surface area contributed by atoms with Crippen molar-refractivity contribution in [3.63, 3.8) is 0 Å². The van der Waals surface area contributed by atoms with Gasteiger partial charge in [0, 0.05) is 37.0 Å². The molecule has 1 spiro atoms. The van der Waals surface area contributed by atoms with Gasteiger partial charge in [0.1, 0.15) is 11.5 Å². The number of H-pyrrole nitrogens is 2. The molecule has 0 saturated carbocycles. The van der Waals surface area contributed by atoms with Crippen molar-refractivity contribution in [3.8, 4) is 11.5 Å². The number of hydrogen-bond acceptors (Lipinski definition) is 11. The van der Waals surface area contributed by atoms with Crippen LogP contribution in [0.1, 0.15) is 44.7 Å². The molecular formula is C25H30N10O3. The minimum Gasteiger partial charge on any atom is -0.376 e. The standard InChI is InChI=1S/C25H30N10O3/c1-13-5-8-35(16-4-3-15(28-18(13)16)21-30-24(36)38-33-21)23-19-22(31-32-23)29-17(11-27-19)34-9-6-25(7-10-34)12-37-14(2)20(25)26/h3-4,11,13-14,20H,5-10,12,26H2,1-2H3,(H,29,31,32)(H,30,33,36)/t13?,14-,20+/m0/s1. The van der Waals surface area contributed by atoms with E-state index in [9.17, 15) is 4.79 Å². The molecule has 0 aromatic carbocycles. The van der Waals surface area contributed by atoms with E-state index >= 15 is 0 Å². The molecule has 3 aliphatic heterocycles. The number of fused-ring (bicyclic) bond motifs is 2. The Kier molecular flexibility index (Phi) is 5.27. The SMILES string of the molecule is CC1CCN(c2n[nH]c3nc(N4CCC5(CC4)CO[C@@H](C)[C@H]5N)cnc23)c2ccc(-c3noc(=O)[nH]3)nc21. The Labute approximate surface area is 217 Å². The molecule has 198 valence electrons. The summed E-state index contributed by atoms with van der Waals surface area (Å²) in [4.78, 5) is 32.8. The summed E-state index contributed by atoms with van der Waals surface area (Å²) in [5, 5.41) is 11.5. The van der Waals surface area contributed by atoms with Crippen molar-refractivity contribution in [1.29, 1.82) is 0 Å². The lowest BCUT2D eigenvalue weighted by Crippen LogP contribution is -2.50. The van der Waals surface area contributed by atoms with Crippen LogP contribution in [0.2, 0.25) is 0 Å². The molecule has 3 atom stereocenters. The molecule has 7 heterocycles. The summed E-state index contributed by atoms with van der Waals surface area (Å²) in [6.45, 7) is 7.45. The van der Waals surface area contributed by atoms with E-state index in [2.05, 4.69) is 48.5 Å². The first-order valence-electron chi connectivity index (χ1n) is 13.1. The lowest BCUT2D eigenvalue weighted by molar-refractivity contribution is 0.0974. The molecule has 0 radical (unpaired) electrons. The number of aromatic nitrogens is 7. The van der Waals surface area contributed by atoms with Crippen molar-refractivity contribution in [2.45, 2.75) is 51.2 Å². The predicted molar refractivity (Wildman–Crippen MR) is 139 cm³/mol. The summed E-state index contributed by atoms with van der Waals surface area (Å²) in [7, 11) is 0. The lowest BCUT2D eigenvalue weighted by atomic mass is 9.73. The summed E-state index contributed by atoms with van der Waals surface area (Å²) in [5.41, 5.74) is 10.3. The number of pyridine rings is 1. The van der Waals surface area contributed by atoms with Gasteiger partial charge in [-0.15, -0.1) is 0 Å². The van der Waals surface area contributed by atoms with E-state index in [1.807, 2.05) is 18.3 Å². The number of nitrogens with one attached hydrogen (secondary N) is 2. The van der Waals surface area contributed by atoms with Crippen LogP contribution in [0.3, 0.4) is 0 Å². The van der Waals surface area contributed by atoms with Crippen LogP contribution in [0.15, 0.2) is 27.6 Å². The molecule has 2 saturated heterocycles. The van der Waals surface area contributed by atoms with Crippen molar-refractivity contribution in [2.75, 3.05) is 36.0 Å². The van der Waals surface area contributed by atoms with Gasteiger partial charge in [-0.1, -0.05) is 12.1 Å². The van der Waals surface area contributed by atoms with E-state index in [4.69, 9.17) is 25.4 Å². The highest BCUT2D eigenvalue weighted by atomic mass is 16.5. The van der Waals surface area contributed by atoms with Crippen LogP contribution in [-0.2, 0) is 4.74 Å². The molecular weight excluding hydrogens is 488 g/mol. The van der Waals surface area contributed by atoms with Gasteiger partial charge in [0.05, 0.1) is 30.3 Å². The average molecular weight is 519 g/mol. The van der Waals surface area contributed by atoms with Crippen molar-refractivity contribution in [2.24, 2.45) is 11.1 Å². The third kappa shape index (κ3) is 3.60. The Balaban J connectivity index is 1.16. The number of hydrogen-bond donors (Lipinski definition) is 3. The van der Waals surface area contributed by atoms with Gasteiger partial charge >= 0.3 is 5.76 Å². The molecule has 7 rings (SSSR count). The number of nitrogens with zero attached hydrogens (tertiary/aromatic N) is 7. The van der Waals surface area contributed by atoms with Gasteiger partial charge in [-0.25, -0.2) is 19.7 Å². The summed E-state index contributed by atoms with van der Waals surface area (Å²) >= 11 is 0. The highest BCUT2D eigenvalue weighted by Crippen LogP contribution is 2.43. The van der Waals surface area contributed by atoms with Gasteiger partial charge in [0.2, 0.25) is 5.82 Å². The number of piperidine rings is 1. The summed E-state index contributed by atoms with van der Waals surface area (Å²) in [6, 6.07) is 3.87. The Morgan fingerprint density at radius 2 is 2.00 bits per heavy atom. The zero-order valence-electron chi connectivity index (χ0n) is 21.3. The van der Waals surface area contributed by atoms with Crippen LogP contribution in [0.4, 0.5) is 17.3 Å². The van der Waals surface area contributed by atoms with Crippen molar-refractivity contribution in [3.05, 3.63) is 34.6 Å².